The van der Waals surface area contributed by atoms with E-state index in [2.05, 4.69) is 29.8 Å². The molecule has 0 aliphatic rings. The molecule has 0 aliphatic carbocycles. The van der Waals surface area contributed by atoms with E-state index in [4.69, 9.17) is 10.5 Å². The fourth-order valence-electron chi connectivity index (χ4n) is 2.05. The number of anilines is 2. The third kappa shape index (κ3) is 4.17. The maximum absolute atomic E-state index is 5.93. The first-order valence-electron chi connectivity index (χ1n) is 6.89. The number of benzene rings is 1. The largest absolute Gasteiger partial charge is 0.489 e. The summed E-state index contributed by atoms with van der Waals surface area (Å²) >= 11 is 1.79. The number of nitrogens with one attached hydrogen (secondary N) is 1. The molecule has 0 bridgehead atoms. The van der Waals surface area contributed by atoms with Gasteiger partial charge in [0, 0.05) is 29.1 Å². The van der Waals surface area contributed by atoms with Gasteiger partial charge in [0.2, 0.25) is 0 Å². The van der Waals surface area contributed by atoms with Crippen LogP contribution in [-0.2, 0) is 6.42 Å². The fourth-order valence-corrected chi connectivity index (χ4v) is 2.88. The number of nitrogen functional groups attached to an aromatic ring is 1. The molecule has 108 valence electrons. The summed E-state index contributed by atoms with van der Waals surface area (Å²) in [6.45, 7) is 6.18. The highest BCUT2D eigenvalue weighted by atomic mass is 32.1. The van der Waals surface area contributed by atoms with Gasteiger partial charge in [0.1, 0.15) is 5.75 Å². The van der Waals surface area contributed by atoms with Crippen molar-refractivity contribution < 1.29 is 4.74 Å². The van der Waals surface area contributed by atoms with Gasteiger partial charge in [-0.25, -0.2) is 0 Å². The minimum absolute atomic E-state index is 0.121. The predicted octanol–water partition coefficient (Wildman–Crippen LogP) is 4.16. The highest BCUT2D eigenvalue weighted by Gasteiger charge is 2.08. The maximum Gasteiger partial charge on any atom is 0.144 e. The molecule has 0 aliphatic heterocycles. The molecule has 2 aromatic rings. The first-order chi connectivity index (χ1) is 9.54. The van der Waals surface area contributed by atoms with Crippen LogP contribution in [0.3, 0.4) is 0 Å². The van der Waals surface area contributed by atoms with Gasteiger partial charge in [0.15, 0.2) is 0 Å². The van der Waals surface area contributed by atoms with Crippen LogP contribution in [0.4, 0.5) is 11.4 Å². The summed E-state index contributed by atoms with van der Waals surface area (Å²) in [5.74, 6) is 0.744. The number of thiophene rings is 1. The van der Waals surface area contributed by atoms with E-state index in [1.807, 2.05) is 32.0 Å². The third-order valence-electron chi connectivity index (χ3n) is 2.88. The number of rotatable bonds is 6. The summed E-state index contributed by atoms with van der Waals surface area (Å²) < 4.78 is 5.71. The molecule has 1 heterocycles. The molecule has 2 rings (SSSR count). The molecule has 3 nitrogen and oxygen atoms in total. The van der Waals surface area contributed by atoms with Crippen LogP contribution in [0.5, 0.6) is 5.75 Å². The van der Waals surface area contributed by atoms with Crippen molar-refractivity contribution in [2.24, 2.45) is 0 Å². The average molecular weight is 290 g/mol. The zero-order valence-electron chi connectivity index (χ0n) is 12.2. The van der Waals surface area contributed by atoms with E-state index in [1.54, 1.807) is 11.3 Å². The van der Waals surface area contributed by atoms with Gasteiger partial charge in [-0.15, -0.1) is 11.3 Å². The predicted molar refractivity (Wildman–Crippen MR) is 87.7 cm³/mol. The van der Waals surface area contributed by atoms with E-state index < -0.39 is 0 Å². The van der Waals surface area contributed by atoms with Crippen LogP contribution in [0, 0.1) is 0 Å². The molecule has 1 atom stereocenters. The standard InChI is InChI=1S/C16H22N2OS/c1-11(2)19-16-10-13(6-7-15(16)17)18-12(3)9-14-5-4-8-20-14/h4-8,10-12,18H,9,17H2,1-3H3. The Morgan fingerprint density at radius 3 is 2.70 bits per heavy atom. The van der Waals surface area contributed by atoms with E-state index in [-0.39, 0.29) is 6.10 Å². The number of nitrogens with two attached hydrogens (primary N) is 1. The van der Waals surface area contributed by atoms with Crippen molar-refractivity contribution in [2.75, 3.05) is 11.1 Å². The van der Waals surface area contributed by atoms with Crippen molar-refractivity contribution in [3.8, 4) is 5.75 Å². The lowest BCUT2D eigenvalue weighted by Gasteiger charge is -2.17. The summed E-state index contributed by atoms with van der Waals surface area (Å²) in [5, 5.41) is 5.60. The Labute approximate surface area is 124 Å². The van der Waals surface area contributed by atoms with Crippen molar-refractivity contribution in [1.29, 1.82) is 0 Å². The fraction of sp³-hybridized carbons (Fsp3) is 0.375. The first-order valence-corrected chi connectivity index (χ1v) is 7.77. The lowest BCUT2D eigenvalue weighted by Crippen LogP contribution is -2.17. The second kappa shape index (κ2) is 6.66. The number of ether oxygens (including phenoxy) is 1. The van der Waals surface area contributed by atoms with Gasteiger partial charge < -0.3 is 15.8 Å². The lowest BCUT2D eigenvalue weighted by molar-refractivity contribution is 0.244. The molecule has 1 unspecified atom stereocenters. The van der Waals surface area contributed by atoms with E-state index >= 15 is 0 Å². The summed E-state index contributed by atoms with van der Waals surface area (Å²) in [6, 6.07) is 10.5. The van der Waals surface area contributed by atoms with Gasteiger partial charge in [-0.3, -0.25) is 0 Å². The molecule has 0 saturated carbocycles. The monoisotopic (exact) mass is 290 g/mol. The lowest BCUT2D eigenvalue weighted by atomic mass is 10.2. The van der Waals surface area contributed by atoms with Crippen molar-refractivity contribution in [2.45, 2.75) is 39.3 Å². The zero-order valence-corrected chi connectivity index (χ0v) is 13.0. The average Bonchev–Trinajstić information content (AvgIpc) is 2.85. The first kappa shape index (κ1) is 14.7. The quantitative estimate of drug-likeness (QED) is 0.785. The van der Waals surface area contributed by atoms with Crippen LogP contribution >= 0.6 is 11.3 Å². The van der Waals surface area contributed by atoms with Crippen LogP contribution < -0.4 is 15.8 Å². The molecular weight excluding hydrogens is 268 g/mol. The second-order valence-corrected chi connectivity index (χ2v) is 6.28. The smallest absolute Gasteiger partial charge is 0.144 e. The molecule has 4 heteroatoms. The molecular formula is C16H22N2OS. The highest BCUT2D eigenvalue weighted by Crippen LogP contribution is 2.27. The van der Waals surface area contributed by atoms with Crippen molar-refractivity contribution >= 4 is 22.7 Å². The van der Waals surface area contributed by atoms with Crippen LogP contribution in [0.1, 0.15) is 25.6 Å². The minimum Gasteiger partial charge on any atom is -0.489 e. The third-order valence-corrected chi connectivity index (χ3v) is 3.78. The molecule has 0 amide bonds. The Hall–Kier alpha value is -1.68. The Morgan fingerprint density at radius 1 is 1.25 bits per heavy atom. The number of hydrogen-bond acceptors (Lipinski definition) is 4. The summed E-state index contributed by atoms with van der Waals surface area (Å²) in [5.41, 5.74) is 7.64. The van der Waals surface area contributed by atoms with E-state index in [0.717, 1.165) is 17.9 Å². The van der Waals surface area contributed by atoms with Crippen LogP contribution in [0.15, 0.2) is 35.7 Å². The van der Waals surface area contributed by atoms with Crippen molar-refractivity contribution in [1.82, 2.24) is 0 Å². The van der Waals surface area contributed by atoms with E-state index in [0.29, 0.717) is 11.7 Å². The molecule has 0 spiro atoms. The Bertz CT molecular complexity index is 537. The summed E-state index contributed by atoms with van der Waals surface area (Å²) in [7, 11) is 0. The molecule has 1 aromatic heterocycles. The van der Waals surface area contributed by atoms with Gasteiger partial charge >= 0.3 is 0 Å². The molecule has 3 N–H and O–H groups in total. The van der Waals surface area contributed by atoms with Crippen molar-refractivity contribution in [3.05, 3.63) is 40.6 Å². The van der Waals surface area contributed by atoms with Gasteiger partial charge in [-0.1, -0.05) is 6.07 Å². The summed E-state index contributed by atoms with van der Waals surface area (Å²) in [4.78, 5) is 1.39. The van der Waals surface area contributed by atoms with E-state index in [1.165, 1.54) is 4.88 Å². The molecule has 0 saturated heterocycles. The van der Waals surface area contributed by atoms with Crippen LogP contribution in [0.2, 0.25) is 0 Å². The normalized spacial score (nSPS) is 12.4. The van der Waals surface area contributed by atoms with Crippen LogP contribution in [0.25, 0.3) is 0 Å². The minimum atomic E-state index is 0.121. The van der Waals surface area contributed by atoms with Gasteiger partial charge in [0.25, 0.3) is 0 Å². The highest BCUT2D eigenvalue weighted by molar-refractivity contribution is 7.09. The Kier molecular flexibility index (Phi) is 4.90. The Morgan fingerprint density at radius 2 is 2.05 bits per heavy atom. The number of hydrogen-bond donors (Lipinski definition) is 2. The SMILES string of the molecule is CC(Cc1cccs1)Nc1ccc(N)c(OC(C)C)c1. The van der Waals surface area contributed by atoms with Gasteiger partial charge in [0.05, 0.1) is 11.8 Å². The van der Waals surface area contributed by atoms with Gasteiger partial charge in [-0.05, 0) is 44.4 Å². The second-order valence-electron chi connectivity index (χ2n) is 5.25. The molecule has 0 fully saturated rings. The maximum atomic E-state index is 5.93. The van der Waals surface area contributed by atoms with Crippen LogP contribution in [-0.4, -0.2) is 12.1 Å². The van der Waals surface area contributed by atoms with Gasteiger partial charge in [-0.2, -0.15) is 0 Å². The molecule has 0 radical (unpaired) electrons. The zero-order chi connectivity index (χ0) is 14.5. The summed E-state index contributed by atoms with van der Waals surface area (Å²) in [6.07, 6.45) is 1.14. The molecule has 20 heavy (non-hydrogen) atoms. The topological polar surface area (TPSA) is 47.3 Å². The van der Waals surface area contributed by atoms with E-state index in [9.17, 15) is 0 Å². The molecule has 1 aromatic carbocycles. The Balaban J connectivity index is 2.01. The van der Waals surface area contributed by atoms with Crippen molar-refractivity contribution in [3.63, 3.8) is 0 Å².